The number of likely N-dealkylation sites (N-methyl/N-ethyl adjacent to an activating group) is 1. The van der Waals surface area contributed by atoms with Crippen LogP contribution in [-0.2, 0) is 19.1 Å². The molecule has 2 bridgehead atoms. The van der Waals surface area contributed by atoms with Crippen LogP contribution in [0, 0.1) is 17.8 Å². The number of aliphatic hydroxyl groups excluding tert-OH is 1. The number of nitrogens with zero attached hydrogens (tertiary/aromatic N) is 3. The fourth-order valence-electron chi connectivity index (χ4n) is 6.52. The lowest BCUT2D eigenvalue weighted by Gasteiger charge is -2.42. The predicted octanol–water partition coefficient (Wildman–Crippen LogP) is 2.23. The molecule has 3 heterocycles. The van der Waals surface area contributed by atoms with Gasteiger partial charge in [0.1, 0.15) is 11.6 Å². The number of likely N-dealkylation sites (tertiary alicyclic amines) is 1. The fraction of sp³-hybridized carbons (Fsp3) is 0.741. The monoisotopic (exact) mass is 489 g/mol. The minimum atomic E-state index is -1.07. The van der Waals surface area contributed by atoms with Gasteiger partial charge >= 0.3 is 0 Å². The Bertz CT molecular complexity index is 883. The number of hydrogen-bond acceptors (Lipinski definition) is 5. The molecular formula is C27H43N3O5. The molecule has 0 aromatic carbocycles. The van der Waals surface area contributed by atoms with Crippen LogP contribution in [0.1, 0.15) is 53.9 Å². The molecule has 35 heavy (non-hydrogen) atoms. The summed E-state index contributed by atoms with van der Waals surface area (Å²) in [6.07, 6.45) is 4.98. The quantitative estimate of drug-likeness (QED) is 0.375. The summed E-state index contributed by atoms with van der Waals surface area (Å²) in [6, 6.07) is -0.829. The molecule has 0 saturated carbocycles. The van der Waals surface area contributed by atoms with Crippen molar-refractivity contribution in [2.75, 3.05) is 33.3 Å². The molecule has 3 aliphatic rings. The van der Waals surface area contributed by atoms with Crippen LogP contribution in [0.3, 0.4) is 0 Å². The molecule has 3 rings (SSSR count). The molecule has 0 aromatic heterocycles. The minimum Gasteiger partial charge on any atom is -0.396 e. The molecule has 8 nitrogen and oxygen atoms in total. The molecular weight excluding hydrogens is 446 g/mol. The summed E-state index contributed by atoms with van der Waals surface area (Å²) in [7, 11) is 1.71. The fourth-order valence-corrected chi connectivity index (χ4v) is 6.52. The Labute approximate surface area is 210 Å². The highest BCUT2D eigenvalue weighted by Gasteiger charge is 2.80. The van der Waals surface area contributed by atoms with E-state index in [0.29, 0.717) is 38.9 Å². The number of unbranched alkanes of at least 4 members (excludes halogenated alkanes) is 1. The van der Waals surface area contributed by atoms with Crippen molar-refractivity contribution in [3.8, 4) is 0 Å². The second-order valence-electron chi connectivity index (χ2n) is 11.6. The van der Waals surface area contributed by atoms with Crippen LogP contribution in [0.5, 0.6) is 0 Å². The highest BCUT2D eigenvalue weighted by atomic mass is 16.5. The summed E-state index contributed by atoms with van der Waals surface area (Å²) in [5, 5.41) is 9.33. The summed E-state index contributed by atoms with van der Waals surface area (Å²) in [4.78, 5) is 47.0. The number of aliphatic hydroxyl groups is 1. The van der Waals surface area contributed by atoms with Gasteiger partial charge in [-0.05, 0) is 52.9 Å². The van der Waals surface area contributed by atoms with E-state index in [4.69, 9.17) is 4.74 Å². The Morgan fingerprint density at radius 2 is 1.83 bits per heavy atom. The maximum atomic E-state index is 14.3. The smallest absolute Gasteiger partial charge is 0.249 e. The van der Waals surface area contributed by atoms with Crippen molar-refractivity contribution >= 4 is 17.7 Å². The molecule has 3 aliphatic heterocycles. The zero-order valence-corrected chi connectivity index (χ0v) is 22.2. The normalized spacial score (nSPS) is 33.6. The molecule has 3 unspecified atom stereocenters. The first-order chi connectivity index (χ1) is 16.3. The van der Waals surface area contributed by atoms with Crippen LogP contribution in [-0.4, -0.2) is 93.6 Å². The molecule has 0 aromatic rings. The second kappa shape index (κ2) is 9.69. The van der Waals surface area contributed by atoms with Crippen molar-refractivity contribution in [1.29, 1.82) is 0 Å². The second-order valence-corrected chi connectivity index (χ2v) is 11.6. The molecule has 196 valence electrons. The summed E-state index contributed by atoms with van der Waals surface area (Å²) >= 11 is 0. The van der Waals surface area contributed by atoms with E-state index in [-0.39, 0.29) is 30.2 Å². The van der Waals surface area contributed by atoms with Crippen molar-refractivity contribution in [2.45, 2.75) is 76.7 Å². The van der Waals surface area contributed by atoms with Gasteiger partial charge in [-0.3, -0.25) is 14.4 Å². The first-order valence-electron chi connectivity index (χ1n) is 12.7. The maximum absolute atomic E-state index is 14.3. The van der Waals surface area contributed by atoms with Gasteiger partial charge in [0.05, 0.1) is 17.4 Å². The van der Waals surface area contributed by atoms with E-state index in [2.05, 4.69) is 13.2 Å². The van der Waals surface area contributed by atoms with Gasteiger partial charge in [0.15, 0.2) is 0 Å². The number of hydrogen-bond donors (Lipinski definition) is 1. The third-order valence-electron chi connectivity index (χ3n) is 8.29. The third-order valence-corrected chi connectivity index (χ3v) is 8.29. The number of amides is 3. The molecule has 3 saturated heterocycles. The number of carbonyl (C=O) groups excluding carboxylic acids is 3. The van der Waals surface area contributed by atoms with E-state index in [1.165, 1.54) is 0 Å². The summed E-state index contributed by atoms with van der Waals surface area (Å²) in [6.45, 7) is 18.5. The average molecular weight is 490 g/mol. The van der Waals surface area contributed by atoms with E-state index in [9.17, 15) is 19.5 Å². The zero-order chi connectivity index (χ0) is 26.3. The van der Waals surface area contributed by atoms with Crippen LogP contribution in [0.25, 0.3) is 0 Å². The van der Waals surface area contributed by atoms with E-state index in [1.54, 1.807) is 33.9 Å². The molecule has 3 amide bonds. The van der Waals surface area contributed by atoms with Gasteiger partial charge in [0.25, 0.3) is 0 Å². The van der Waals surface area contributed by atoms with Crippen LogP contribution in [0.15, 0.2) is 25.3 Å². The summed E-state index contributed by atoms with van der Waals surface area (Å²) in [5.41, 5.74) is -2.40. The van der Waals surface area contributed by atoms with Crippen molar-refractivity contribution in [3.63, 3.8) is 0 Å². The van der Waals surface area contributed by atoms with Crippen molar-refractivity contribution in [2.24, 2.45) is 17.8 Å². The maximum Gasteiger partial charge on any atom is 0.249 e. The van der Waals surface area contributed by atoms with E-state index >= 15 is 0 Å². The molecule has 8 heteroatoms. The number of rotatable bonds is 10. The Hall–Kier alpha value is -2.19. The van der Waals surface area contributed by atoms with Gasteiger partial charge in [-0.1, -0.05) is 19.1 Å². The van der Waals surface area contributed by atoms with Crippen LogP contribution in [0.4, 0.5) is 0 Å². The van der Waals surface area contributed by atoms with Gasteiger partial charge in [-0.2, -0.15) is 0 Å². The van der Waals surface area contributed by atoms with Crippen molar-refractivity contribution in [3.05, 3.63) is 25.3 Å². The topological polar surface area (TPSA) is 90.4 Å². The largest absolute Gasteiger partial charge is 0.396 e. The summed E-state index contributed by atoms with van der Waals surface area (Å²) < 4.78 is 6.77. The van der Waals surface area contributed by atoms with Crippen LogP contribution >= 0.6 is 0 Å². The first-order valence-corrected chi connectivity index (χ1v) is 12.7. The van der Waals surface area contributed by atoms with Crippen molar-refractivity contribution < 1.29 is 24.2 Å². The van der Waals surface area contributed by atoms with Gasteiger partial charge in [0.2, 0.25) is 17.7 Å². The Morgan fingerprint density at radius 1 is 1.20 bits per heavy atom. The highest BCUT2D eigenvalue weighted by molar-refractivity contribution is 5.99. The van der Waals surface area contributed by atoms with Gasteiger partial charge < -0.3 is 24.5 Å². The number of fused-ring (bicyclic) bond motifs is 1. The Morgan fingerprint density at radius 3 is 2.37 bits per heavy atom. The van der Waals surface area contributed by atoms with Gasteiger partial charge in [0, 0.05) is 38.8 Å². The van der Waals surface area contributed by atoms with Crippen LogP contribution < -0.4 is 0 Å². The Kier molecular flexibility index (Phi) is 7.59. The standard InChI is InChI=1S/C27H43N3O5/c1-9-13-28(8)22(32)19-20-23(33)29(15-11-12-16-31)21(24(34)30(14-10-2)25(4,5)6)27(20)17-18(3)26(19,7)35-27/h9-10,18-21,31H,1-2,11-17H2,3-8H3/t18?,19-,20-,21?,26+,27?/m0/s1. The SMILES string of the molecule is C=CCN(C)C(=O)[C@@H]1[C@H]2C(=O)N(CCCCO)C(C(=O)N(CC=C)C(C)(C)C)C23CC(C)[C@@]1(C)O3. The Balaban J connectivity index is 2.13. The van der Waals surface area contributed by atoms with Crippen LogP contribution in [0.2, 0.25) is 0 Å². The number of ether oxygens (including phenoxy) is 1. The van der Waals surface area contributed by atoms with E-state index < -0.39 is 34.6 Å². The van der Waals surface area contributed by atoms with Crippen molar-refractivity contribution in [1.82, 2.24) is 14.7 Å². The van der Waals surface area contributed by atoms with Gasteiger partial charge in [-0.15, -0.1) is 13.2 Å². The molecule has 0 aliphatic carbocycles. The van der Waals surface area contributed by atoms with E-state index in [1.807, 2.05) is 34.6 Å². The minimum absolute atomic E-state index is 0.00665. The molecule has 3 fully saturated rings. The predicted molar refractivity (Wildman–Crippen MR) is 134 cm³/mol. The third kappa shape index (κ3) is 4.22. The summed E-state index contributed by atoms with van der Waals surface area (Å²) in [5.74, 6) is -1.94. The highest BCUT2D eigenvalue weighted by Crippen LogP contribution is 2.65. The zero-order valence-electron chi connectivity index (χ0n) is 22.2. The number of carbonyl (C=O) groups is 3. The molecule has 0 radical (unpaired) electrons. The molecule has 6 atom stereocenters. The molecule has 1 spiro atoms. The first kappa shape index (κ1) is 27.4. The molecule has 1 N–H and O–H groups in total. The van der Waals surface area contributed by atoms with E-state index in [0.717, 1.165) is 0 Å². The average Bonchev–Trinajstić information content (AvgIpc) is 3.28. The lowest BCUT2D eigenvalue weighted by molar-refractivity contribution is -0.156. The lowest BCUT2D eigenvalue weighted by atomic mass is 9.62. The van der Waals surface area contributed by atoms with Gasteiger partial charge in [-0.25, -0.2) is 0 Å². The lowest BCUT2D eigenvalue weighted by Crippen LogP contribution is -2.60.